The van der Waals surface area contributed by atoms with Gasteiger partial charge in [-0.05, 0) is 29.8 Å². The van der Waals surface area contributed by atoms with Gasteiger partial charge in [0.05, 0.1) is 11.9 Å². The molecule has 1 heterocycles. The second kappa shape index (κ2) is 6.68. The molecule has 1 aromatic heterocycles. The van der Waals surface area contributed by atoms with E-state index in [9.17, 15) is 4.79 Å². The molecule has 2 rings (SSSR count). The molecule has 0 atom stereocenters. The average molecular weight is 271 g/mol. The van der Waals surface area contributed by atoms with Crippen LogP contribution in [-0.4, -0.2) is 24.5 Å². The lowest BCUT2D eigenvalue weighted by Gasteiger charge is -2.17. The molecule has 1 amide bonds. The van der Waals surface area contributed by atoms with Gasteiger partial charge in [-0.3, -0.25) is 9.78 Å². The normalized spacial score (nSPS) is 10.1. The highest BCUT2D eigenvalue weighted by Crippen LogP contribution is 2.13. The van der Waals surface area contributed by atoms with Crippen molar-refractivity contribution in [3.63, 3.8) is 0 Å². The van der Waals surface area contributed by atoms with E-state index in [2.05, 4.69) is 4.98 Å². The Morgan fingerprint density at radius 2 is 2.05 bits per heavy atom. The molecule has 0 saturated heterocycles. The van der Waals surface area contributed by atoms with Gasteiger partial charge >= 0.3 is 0 Å². The van der Waals surface area contributed by atoms with Crippen molar-refractivity contribution >= 4 is 11.6 Å². The molecule has 0 bridgehead atoms. The van der Waals surface area contributed by atoms with Gasteiger partial charge in [0.2, 0.25) is 0 Å². The zero-order chi connectivity index (χ0) is 14.4. The van der Waals surface area contributed by atoms with Crippen molar-refractivity contribution < 1.29 is 9.53 Å². The van der Waals surface area contributed by atoms with E-state index in [1.807, 2.05) is 18.2 Å². The maximum Gasteiger partial charge on any atom is 0.264 e. The van der Waals surface area contributed by atoms with Gasteiger partial charge in [-0.15, -0.1) is 0 Å². The fourth-order valence-electron chi connectivity index (χ4n) is 1.66. The minimum atomic E-state index is -0.138. The van der Waals surface area contributed by atoms with E-state index < -0.39 is 0 Å². The molecular weight excluding hydrogens is 254 g/mol. The van der Waals surface area contributed by atoms with Gasteiger partial charge in [-0.25, -0.2) is 0 Å². The van der Waals surface area contributed by atoms with E-state index in [-0.39, 0.29) is 12.5 Å². The maximum absolute atomic E-state index is 12.0. The molecule has 0 saturated carbocycles. The van der Waals surface area contributed by atoms with Crippen LogP contribution in [0, 0.1) is 0 Å². The maximum atomic E-state index is 12.0. The van der Waals surface area contributed by atoms with Crippen LogP contribution in [0.15, 0.2) is 48.8 Å². The zero-order valence-corrected chi connectivity index (χ0v) is 11.3. The summed E-state index contributed by atoms with van der Waals surface area (Å²) in [7, 11) is 1.69. The summed E-state index contributed by atoms with van der Waals surface area (Å²) in [5.41, 5.74) is 7.28. The second-order valence-electron chi connectivity index (χ2n) is 4.30. The number of carbonyl (C=O) groups excluding carboxylic acids is 1. The fraction of sp³-hybridized carbons (Fsp3) is 0.200. The summed E-state index contributed by atoms with van der Waals surface area (Å²) in [5.74, 6) is 0.510. The summed E-state index contributed by atoms with van der Waals surface area (Å²) in [5, 5.41) is 0. The molecule has 0 fully saturated rings. The van der Waals surface area contributed by atoms with Crippen LogP contribution in [0.5, 0.6) is 5.75 Å². The van der Waals surface area contributed by atoms with Crippen molar-refractivity contribution in [3.8, 4) is 5.75 Å². The Hall–Kier alpha value is -2.40. The lowest BCUT2D eigenvalue weighted by atomic mass is 10.2. The van der Waals surface area contributed by atoms with E-state index >= 15 is 0 Å². The Morgan fingerprint density at radius 1 is 1.30 bits per heavy atom. The van der Waals surface area contributed by atoms with Crippen molar-refractivity contribution in [2.75, 3.05) is 18.6 Å². The summed E-state index contributed by atoms with van der Waals surface area (Å²) in [6, 6.07) is 11.0. The molecule has 0 aliphatic carbocycles. The predicted octanol–water partition coefficient (Wildman–Crippen LogP) is 1.58. The first kappa shape index (κ1) is 14.0. The molecule has 0 aliphatic heterocycles. The smallest absolute Gasteiger partial charge is 0.264 e. The SMILES string of the molecule is CN(C(=O)COc1ccc(CN)cc1)c1cccnc1. The minimum absolute atomic E-state index is 0.0205. The summed E-state index contributed by atoms with van der Waals surface area (Å²) in [6.45, 7) is 0.469. The van der Waals surface area contributed by atoms with Crippen LogP contribution in [0.2, 0.25) is 0 Å². The van der Waals surface area contributed by atoms with Crippen molar-refractivity contribution in [3.05, 3.63) is 54.4 Å². The molecule has 2 N–H and O–H groups in total. The molecule has 0 radical (unpaired) electrons. The van der Waals surface area contributed by atoms with Gasteiger partial charge in [0.15, 0.2) is 6.61 Å². The number of rotatable bonds is 5. The Morgan fingerprint density at radius 3 is 2.65 bits per heavy atom. The standard InChI is InChI=1S/C15H17N3O2/c1-18(13-3-2-8-17-10-13)15(19)11-20-14-6-4-12(9-16)5-7-14/h2-8,10H,9,11,16H2,1H3. The van der Waals surface area contributed by atoms with Gasteiger partial charge in [0.1, 0.15) is 5.75 Å². The lowest BCUT2D eigenvalue weighted by Crippen LogP contribution is -2.31. The number of aromatic nitrogens is 1. The number of carbonyl (C=O) groups is 1. The number of benzene rings is 1. The molecule has 20 heavy (non-hydrogen) atoms. The van der Waals surface area contributed by atoms with Gasteiger partial charge in [0, 0.05) is 19.8 Å². The molecule has 5 heteroatoms. The zero-order valence-electron chi connectivity index (χ0n) is 11.3. The molecule has 0 spiro atoms. The quantitative estimate of drug-likeness (QED) is 0.896. The summed E-state index contributed by atoms with van der Waals surface area (Å²) < 4.78 is 5.46. The van der Waals surface area contributed by atoms with Crippen LogP contribution in [0.1, 0.15) is 5.56 Å². The first-order valence-corrected chi connectivity index (χ1v) is 6.29. The summed E-state index contributed by atoms with van der Waals surface area (Å²) >= 11 is 0. The Bertz CT molecular complexity index is 555. The van der Waals surface area contributed by atoms with E-state index in [0.717, 1.165) is 11.3 Å². The van der Waals surface area contributed by atoms with E-state index in [1.54, 1.807) is 37.6 Å². The number of likely N-dealkylation sites (N-methyl/N-ethyl adjacent to an activating group) is 1. The van der Waals surface area contributed by atoms with Crippen molar-refractivity contribution in [2.45, 2.75) is 6.54 Å². The monoisotopic (exact) mass is 271 g/mol. The highest BCUT2D eigenvalue weighted by molar-refractivity contribution is 5.93. The van der Waals surface area contributed by atoms with Gasteiger partial charge in [-0.2, -0.15) is 0 Å². The van der Waals surface area contributed by atoms with Crippen LogP contribution in [-0.2, 0) is 11.3 Å². The number of hydrogen-bond donors (Lipinski definition) is 1. The van der Waals surface area contributed by atoms with Crippen molar-refractivity contribution in [2.24, 2.45) is 5.73 Å². The molecule has 0 unspecified atom stereocenters. The molecule has 0 aliphatic rings. The van der Waals surface area contributed by atoms with Crippen LogP contribution in [0.4, 0.5) is 5.69 Å². The van der Waals surface area contributed by atoms with Crippen molar-refractivity contribution in [1.29, 1.82) is 0 Å². The number of nitrogens with two attached hydrogens (primary N) is 1. The number of pyridine rings is 1. The topological polar surface area (TPSA) is 68.5 Å². The minimum Gasteiger partial charge on any atom is -0.484 e. The molecular formula is C15H17N3O2. The summed E-state index contributed by atoms with van der Waals surface area (Å²) in [4.78, 5) is 17.5. The third-order valence-electron chi connectivity index (χ3n) is 2.93. The predicted molar refractivity (Wildman–Crippen MR) is 77.5 cm³/mol. The Labute approximate surface area is 118 Å². The van der Waals surface area contributed by atoms with Crippen molar-refractivity contribution in [1.82, 2.24) is 4.98 Å². The Kier molecular flexibility index (Phi) is 4.68. The molecule has 1 aromatic carbocycles. The molecule has 104 valence electrons. The third-order valence-corrected chi connectivity index (χ3v) is 2.93. The largest absolute Gasteiger partial charge is 0.484 e. The van der Waals surface area contributed by atoms with E-state index in [4.69, 9.17) is 10.5 Å². The number of amides is 1. The first-order valence-electron chi connectivity index (χ1n) is 6.29. The van der Waals surface area contributed by atoms with Crippen LogP contribution < -0.4 is 15.4 Å². The average Bonchev–Trinajstić information content (AvgIpc) is 2.53. The second-order valence-corrected chi connectivity index (χ2v) is 4.30. The third kappa shape index (κ3) is 3.55. The number of nitrogens with zero attached hydrogens (tertiary/aromatic N) is 2. The number of anilines is 1. The number of ether oxygens (including phenoxy) is 1. The Balaban J connectivity index is 1.91. The highest BCUT2D eigenvalue weighted by atomic mass is 16.5. The lowest BCUT2D eigenvalue weighted by molar-refractivity contribution is -0.120. The van der Waals surface area contributed by atoms with Gasteiger partial charge in [0.25, 0.3) is 5.91 Å². The highest BCUT2D eigenvalue weighted by Gasteiger charge is 2.11. The number of hydrogen-bond acceptors (Lipinski definition) is 4. The van der Waals surface area contributed by atoms with E-state index in [0.29, 0.717) is 12.3 Å². The fourth-order valence-corrected chi connectivity index (χ4v) is 1.66. The molecule has 5 nitrogen and oxygen atoms in total. The van der Waals surface area contributed by atoms with Gasteiger partial charge in [-0.1, -0.05) is 12.1 Å². The van der Waals surface area contributed by atoms with Crippen LogP contribution in [0.3, 0.4) is 0 Å². The molecule has 2 aromatic rings. The summed E-state index contributed by atoms with van der Waals surface area (Å²) in [6.07, 6.45) is 3.30. The van der Waals surface area contributed by atoms with Crippen LogP contribution in [0.25, 0.3) is 0 Å². The van der Waals surface area contributed by atoms with Gasteiger partial charge < -0.3 is 15.4 Å². The van der Waals surface area contributed by atoms with E-state index in [1.165, 1.54) is 4.90 Å². The van der Waals surface area contributed by atoms with Crippen LogP contribution >= 0.6 is 0 Å². The first-order chi connectivity index (χ1) is 9.70.